The number of rotatable bonds is 3. The fourth-order valence-corrected chi connectivity index (χ4v) is 5.35. The van der Waals surface area contributed by atoms with Gasteiger partial charge in [-0.15, -0.1) is 0 Å². The fourth-order valence-electron chi connectivity index (χ4n) is 5.08. The van der Waals surface area contributed by atoms with Gasteiger partial charge >= 0.3 is 5.69 Å². The van der Waals surface area contributed by atoms with Crippen molar-refractivity contribution in [1.29, 1.82) is 0 Å². The summed E-state index contributed by atoms with van der Waals surface area (Å²) in [6.07, 6.45) is 0. The molecule has 0 fully saturated rings. The number of halogens is 1. The largest absolute Gasteiger partial charge is 0.332 e. The van der Waals surface area contributed by atoms with Crippen LogP contribution < -0.4 is 16.1 Å². The minimum absolute atomic E-state index is 0.204. The summed E-state index contributed by atoms with van der Waals surface area (Å²) in [4.78, 5) is 34.1. The standard InChI is InChI=1S/C27H24BrN5O2/c1-17-14-31(21-12-10-20(28)11-13-21)26-29-24-23(32(26)15-17)25(34)33(27(35)30(24)2)16-19-8-5-7-18-6-3-4-9-22(18)19/h3-13,17H,14-16H2,1-2H3. The Balaban J connectivity index is 1.55. The average molecular weight is 530 g/mol. The van der Waals surface area contributed by atoms with E-state index in [1.54, 1.807) is 7.05 Å². The molecule has 5 aromatic rings. The molecule has 0 amide bonds. The molecule has 6 rings (SSSR count). The third-order valence-electron chi connectivity index (χ3n) is 6.79. The number of hydrogen-bond donors (Lipinski definition) is 0. The van der Waals surface area contributed by atoms with Gasteiger partial charge in [0.15, 0.2) is 11.2 Å². The second-order valence-corrected chi connectivity index (χ2v) is 10.2. The van der Waals surface area contributed by atoms with E-state index in [-0.39, 0.29) is 17.8 Å². The van der Waals surface area contributed by atoms with E-state index in [2.05, 4.69) is 27.8 Å². The second-order valence-electron chi connectivity index (χ2n) is 9.26. The lowest BCUT2D eigenvalue weighted by Crippen LogP contribution is -2.40. The van der Waals surface area contributed by atoms with Crippen LogP contribution in [0.1, 0.15) is 12.5 Å². The molecule has 0 radical (unpaired) electrons. The highest BCUT2D eigenvalue weighted by Crippen LogP contribution is 2.33. The second kappa shape index (κ2) is 8.23. The number of benzene rings is 3. The Morgan fingerprint density at radius 3 is 2.51 bits per heavy atom. The molecule has 7 nitrogen and oxygen atoms in total. The van der Waals surface area contributed by atoms with E-state index in [1.165, 1.54) is 9.13 Å². The molecule has 1 unspecified atom stereocenters. The van der Waals surface area contributed by atoms with Crippen LogP contribution in [0.2, 0.25) is 0 Å². The fraction of sp³-hybridized carbons (Fsp3) is 0.222. The quantitative estimate of drug-likeness (QED) is 0.341. The molecule has 0 bridgehead atoms. The molecule has 0 N–H and O–H groups in total. The Bertz CT molecular complexity index is 1710. The monoisotopic (exact) mass is 529 g/mol. The average Bonchev–Trinajstić information content (AvgIpc) is 3.25. The van der Waals surface area contributed by atoms with E-state index in [0.717, 1.165) is 33.0 Å². The molecule has 0 aliphatic carbocycles. The zero-order valence-electron chi connectivity index (χ0n) is 19.5. The number of imidazole rings is 1. The Hall–Kier alpha value is -3.65. The zero-order valence-corrected chi connectivity index (χ0v) is 21.1. The predicted molar refractivity (Wildman–Crippen MR) is 143 cm³/mol. The molecule has 1 aliphatic rings. The number of nitrogens with zero attached hydrogens (tertiary/aromatic N) is 5. The molecule has 0 saturated carbocycles. The van der Waals surface area contributed by atoms with Crippen LogP contribution in [0, 0.1) is 5.92 Å². The molecule has 0 spiro atoms. The van der Waals surface area contributed by atoms with Crippen LogP contribution in [0.5, 0.6) is 0 Å². The summed E-state index contributed by atoms with van der Waals surface area (Å²) in [7, 11) is 1.69. The van der Waals surface area contributed by atoms with Crippen LogP contribution >= 0.6 is 15.9 Å². The van der Waals surface area contributed by atoms with Gasteiger partial charge in [0.2, 0.25) is 5.95 Å². The summed E-state index contributed by atoms with van der Waals surface area (Å²) in [5, 5.41) is 2.12. The summed E-state index contributed by atoms with van der Waals surface area (Å²) in [5.74, 6) is 0.988. The molecular weight excluding hydrogens is 506 g/mol. The van der Waals surface area contributed by atoms with Gasteiger partial charge in [0.25, 0.3) is 5.56 Å². The van der Waals surface area contributed by atoms with Gasteiger partial charge in [0.05, 0.1) is 6.54 Å². The van der Waals surface area contributed by atoms with E-state index < -0.39 is 0 Å². The minimum Gasteiger partial charge on any atom is -0.312 e. The Morgan fingerprint density at radius 1 is 0.971 bits per heavy atom. The van der Waals surface area contributed by atoms with Gasteiger partial charge in [-0.1, -0.05) is 65.3 Å². The number of aryl methyl sites for hydroxylation is 1. The lowest BCUT2D eigenvalue weighted by Gasteiger charge is -2.33. The van der Waals surface area contributed by atoms with E-state index >= 15 is 0 Å². The molecule has 3 aromatic carbocycles. The topological polar surface area (TPSA) is 65.1 Å². The van der Waals surface area contributed by atoms with E-state index in [1.807, 2.05) is 71.3 Å². The normalized spacial score (nSPS) is 15.6. The van der Waals surface area contributed by atoms with E-state index in [0.29, 0.717) is 29.6 Å². The summed E-state index contributed by atoms with van der Waals surface area (Å²) < 4.78 is 5.81. The third-order valence-corrected chi connectivity index (χ3v) is 7.32. The summed E-state index contributed by atoms with van der Waals surface area (Å²) >= 11 is 3.50. The summed E-state index contributed by atoms with van der Waals surface area (Å²) in [6.45, 7) is 3.82. The number of aromatic nitrogens is 4. The SMILES string of the molecule is CC1CN(c2ccc(Br)cc2)c2nc3c(c(=O)n(Cc4cccc5ccccc45)c(=O)n3C)n2C1. The first-order valence-corrected chi connectivity index (χ1v) is 12.4. The van der Waals surface area contributed by atoms with Crippen LogP contribution in [0.4, 0.5) is 11.6 Å². The molecule has 1 aliphatic heterocycles. The maximum atomic E-state index is 13.8. The summed E-state index contributed by atoms with van der Waals surface area (Å²) in [6, 6.07) is 22.0. The smallest absolute Gasteiger partial charge is 0.312 e. The first-order valence-electron chi connectivity index (χ1n) is 11.6. The third kappa shape index (κ3) is 3.51. The number of fused-ring (bicyclic) bond motifs is 4. The van der Waals surface area contributed by atoms with Crippen molar-refractivity contribution < 1.29 is 0 Å². The molecule has 3 heterocycles. The molecule has 176 valence electrons. The first kappa shape index (κ1) is 21.9. The maximum Gasteiger partial charge on any atom is 0.332 e. The van der Waals surface area contributed by atoms with Crippen molar-refractivity contribution in [3.8, 4) is 0 Å². The zero-order chi connectivity index (χ0) is 24.3. The molecular formula is C27H24BrN5O2. The van der Waals surface area contributed by atoms with Crippen LogP contribution in [0.3, 0.4) is 0 Å². The van der Waals surface area contributed by atoms with Crippen LogP contribution in [0.15, 0.2) is 80.8 Å². The van der Waals surface area contributed by atoms with Crippen molar-refractivity contribution in [2.75, 3.05) is 11.4 Å². The van der Waals surface area contributed by atoms with Gasteiger partial charge in [-0.05, 0) is 46.5 Å². The highest BCUT2D eigenvalue weighted by molar-refractivity contribution is 9.10. The van der Waals surface area contributed by atoms with Gasteiger partial charge in [0, 0.05) is 30.3 Å². The van der Waals surface area contributed by atoms with Crippen LogP contribution in [0.25, 0.3) is 21.9 Å². The lowest BCUT2D eigenvalue weighted by molar-refractivity contribution is 0.458. The summed E-state index contributed by atoms with van der Waals surface area (Å²) in [5.41, 5.74) is 2.15. The molecule has 2 aromatic heterocycles. The molecule has 35 heavy (non-hydrogen) atoms. The van der Waals surface area contributed by atoms with Crippen molar-refractivity contribution >= 4 is 49.5 Å². The van der Waals surface area contributed by atoms with E-state index in [4.69, 9.17) is 4.98 Å². The Kier molecular flexibility index (Phi) is 5.14. The minimum atomic E-state index is -0.367. The van der Waals surface area contributed by atoms with Crippen LogP contribution in [-0.2, 0) is 20.1 Å². The van der Waals surface area contributed by atoms with Gasteiger partial charge in [-0.2, -0.15) is 4.98 Å². The Morgan fingerprint density at radius 2 is 1.71 bits per heavy atom. The number of hydrogen-bond acceptors (Lipinski definition) is 4. The highest BCUT2D eigenvalue weighted by atomic mass is 79.9. The van der Waals surface area contributed by atoms with E-state index in [9.17, 15) is 9.59 Å². The van der Waals surface area contributed by atoms with Crippen molar-refractivity contribution in [3.05, 3.63) is 97.6 Å². The molecule has 0 saturated heterocycles. The lowest BCUT2D eigenvalue weighted by atomic mass is 10.0. The van der Waals surface area contributed by atoms with Crippen LogP contribution in [-0.4, -0.2) is 25.2 Å². The van der Waals surface area contributed by atoms with Crippen molar-refractivity contribution in [1.82, 2.24) is 18.7 Å². The predicted octanol–water partition coefficient (Wildman–Crippen LogP) is 4.65. The van der Waals surface area contributed by atoms with Crippen molar-refractivity contribution in [2.45, 2.75) is 20.0 Å². The maximum absolute atomic E-state index is 13.8. The highest BCUT2D eigenvalue weighted by Gasteiger charge is 2.30. The van der Waals surface area contributed by atoms with Crippen molar-refractivity contribution in [2.24, 2.45) is 13.0 Å². The number of anilines is 2. The Labute approximate surface area is 210 Å². The van der Waals surface area contributed by atoms with Gasteiger partial charge in [-0.3, -0.25) is 13.9 Å². The molecule has 1 atom stereocenters. The first-order chi connectivity index (χ1) is 16.9. The van der Waals surface area contributed by atoms with Gasteiger partial charge < -0.3 is 9.47 Å². The van der Waals surface area contributed by atoms with Gasteiger partial charge in [0.1, 0.15) is 0 Å². The van der Waals surface area contributed by atoms with Gasteiger partial charge in [-0.25, -0.2) is 4.79 Å². The van der Waals surface area contributed by atoms with Crippen molar-refractivity contribution in [3.63, 3.8) is 0 Å². The molecule has 8 heteroatoms.